The molecule has 3 N–H and O–H groups in total. The van der Waals surface area contributed by atoms with Crippen molar-refractivity contribution in [3.05, 3.63) is 24.3 Å². The lowest BCUT2D eigenvalue weighted by atomic mass is 9.45. The average molecular weight is 478 g/mol. The molecule has 0 aromatic carbocycles. The van der Waals surface area contributed by atoms with Crippen LogP contribution in [0, 0.1) is 28.6 Å². The third-order valence-electron chi connectivity index (χ3n) is 10.1. The van der Waals surface area contributed by atoms with Gasteiger partial charge in [-0.15, -0.1) is 0 Å². The van der Waals surface area contributed by atoms with Crippen LogP contribution in [0.2, 0.25) is 0 Å². The highest BCUT2D eigenvalue weighted by atomic mass is 32.1. The number of aliphatic hydroxyl groups excluding tert-OH is 1. The molecule has 0 aromatic rings. The van der Waals surface area contributed by atoms with Gasteiger partial charge in [0.25, 0.3) is 0 Å². The van der Waals surface area contributed by atoms with Crippen molar-refractivity contribution in [3.8, 4) is 0 Å². The smallest absolute Gasteiger partial charge is 0.320 e. The molecule has 0 radical (unpaired) electrons. The molecule has 0 aromatic heterocycles. The highest BCUT2D eigenvalue weighted by Gasteiger charge is 2.65. The fourth-order valence-corrected chi connectivity index (χ4v) is 8.47. The molecule has 186 valence electrons. The van der Waals surface area contributed by atoms with Crippen molar-refractivity contribution in [1.29, 1.82) is 0 Å². The molecular formula is C27H43NO4S. The van der Waals surface area contributed by atoms with Crippen molar-refractivity contribution in [2.75, 3.05) is 19.7 Å². The van der Waals surface area contributed by atoms with Gasteiger partial charge in [-0.2, -0.15) is 12.6 Å². The predicted octanol–water partition coefficient (Wildman–Crippen LogP) is 4.05. The Hall–Kier alpha value is -0.820. The number of carbonyl (C=O) groups is 1. The van der Waals surface area contributed by atoms with Gasteiger partial charge >= 0.3 is 5.97 Å². The lowest BCUT2D eigenvalue weighted by molar-refractivity contribution is -0.181. The summed E-state index contributed by atoms with van der Waals surface area (Å²) in [6, 6.07) is 0. The SMILES string of the molecule is C/C=C/CC1(S)CCC2C3C=C[C@@]4(O)CC(OC(=O)CNCCO)CCC4(C)[C@H]3CCC21C. The predicted molar refractivity (Wildman–Crippen MR) is 134 cm³/mol. The summed E-state index contributed by atoms with van der Waals surface area (Å²) in [4.78, 5) is 12.2. The number of aliphatic hydroxyl groups is 2. The van der Waals surface area contributed by atoms with Crippen molar-refractivity contribution in [2.45, 2.75) is 88.6 Å². The van der Waals surface area contributed by atoms with E-state index in [1.54, 1.807) is 0 Å². The lowest BCUT2D eigenvalue weighted by Crippen LogP contribution is -2.61. The van der Waals surface area contributed by atoms with E-state index in [0.717, 1.165) is 38.5 Å². The molecule has 0 heterocycles. The van der Waals surface area contributed by atoms with Crippen LogP contribution >= 0.6 is 12.6 Å². The molecule has 5 nitrogen and oxygen atoms in total. The minimum atomic E-state index is -0.939. The summed E-state index contributed by atoms with van der Waals surface area (Å²) in [5.74, 6) is 1.22. The first-order valence-electron chi connectivity index (χ1n) is 12.9. The lowest BCUT2D eigenvalue weighted by Gasteiger charge is -2.62. The van der Waals surface area contributed by atoms with E-state index in [4.69, 9.17) is 22.5 Å². The maximum atomic E-state index is 12.2. The second-order valence-corrected chi connectivity index (χ2v) is 12.4. The summed E-state index contributed by atoms with van der Waals surface area (Å²) in [5, 5.41) is 23.6. The number of rotatable bonds is 7. The van der Waals surface area contributed by atoms with Crippen LogP contribution in [-0.2, 0) is 9.53 Å². The number of esters is 1. The minimum Gasteiger partial charge on any atom is -0.461 e. The van der Waals surface area contributed by atoms with Gasteiger partial charge in [0.2, 0.25) is 0 Å². The van der Waals surface area contributed by atoms with Crippen LogP contribution in [0.15, 0.2) is 24.3 Å². The second kappa shape index (κ2) is 9.33. The number of hydrogen-bond acceptors (Lipinski definition) is 6. The fraction of sp³-hybridized carbons (Fsp3) is 0.815. The summed E-state index contributed by atoms with van der Waals surface area (Å²) < 4.78 is 5.74. The number of fused-ring (bicyclic) bond motifs is 5. The van der Waals surface area contributed by atoms with Crippen LogP contribution in [0.4, 0.5) is 0 Å². The van der Waals surface area contributed by atoms with Crippen molar-refractivity contribution in [3.63, 3.8) is 0 Å². The van der Waals surface area contributed by atoms with Crippen molar-refractivity contribution < 1.29 is 19.7 Å². The quantitative estimate of drug-likeness (QED) is 0.193. The Labute approximate surface area is 204 Å². The highest BCUT2D eigenvalue weighted by Crippen LogP contribution is 2.69. The number of hydrogen-bond donors (Lipinski definition) is 4. The van der Waals surface area contributed by atoms with Crippen LogP contribution in [0.1, 0.15) is 72.1 Å². The molecular weight excluding hydrogens is 434 g/mol. The van der Waals surface area contributed by atoms with E-state index in [1.807, 2.05) is 0 Å². The number of allylic oxidation sites excluding steroid dienone is 3. The minimum absolute atomic E-state index is 0.00809. The molecule has 3 fully saturated rings. The molecule has 0 bridgehead atoms. The Balaban J connectivity index is 1.50. The number of ether oxygens (including phenoxy) is 1. The van der Waals surface area contributed by atoms with Crippen LogP contribution in [0.5, 0.6) is 0 Å². The van der Waals surface area contributed by atoms with Gasteiger partial charge in [0.05, 0.1) is 18.8 Å². The molecule has 4 aliphatic carbocycles. The van der Waals surface area contributed by atoms with Crippen molar-refractivity contribution in [2.24, 2.45) is 28.6 Å². The molecule has 6 heteroatoms. The summed E-state index contributed by atoms with van der Waals surface area (Å²) in [7, 11) is 0. The van der Waals surface area contributed by atoms with E-state index in [9.17, 15) is 9.90 Å². The van der Waals surface area contributed by atoms with E-state index in [1.165, 1.54) is 6.42 Å². The van der Waals surface area contributed by atoms with E-state index in [0.29, 0.717) is 30.7 Å². The van der Waals surface area contributed by atoms with E-state index >= 15 is 0 Å². The summed E-state index contributed by atoms with van der Waals surface area (Å²) >= 11 is 5.29. The first-order chi connectivity index (χ1) is 15.6. The van der Waals surface area contributed by atoms with Crippen LogP contribution in [-0.4, -0.2) is 52.3 Å². The number of carbonyl (C=O) groups excluding carboxylic acids is 1. The molecule has 4 rings (SSSR count). The van der Waals surface area contributed by atoms with Gasteiger partial charge in [-0.25, -0.2) is 0 Å². The molecule has 33 heavy (non-hydrogen) atoms. The molecule has 8 atom stereocenters. The third kappa shape index (κ3) is 4.13. The standard InChI is InChI=1S/C27H43NO4S/c1-4-5-10-27(33)14-9-22-20-7-13-26(31)17-19(32-23(30)18-28-15-16-29)6-11-24(26,2)21(20)8-12-25(22,27)3/h4-5,7,13,19-22,28-29,31,33H,6,8-12,14-18H2,1-3H3/b5-4+/t19?,20?,21-,22?,24?,25?,26+,27?/m0/s1. The Morgan fingerprint density at radius 1 is 1.18 bits per heavy atom. The second-order valence-electron chi connectivity index (χ2n) is 11.5. The molecule has 0 saturated heterocycles. The Bertz CT molecular complexity index is 801. The molecule has 6 unspecified atom stereocenters. The zero-order valence-corrected chi connectivity index (χ0v) is 21.4. The third-order valence-corrected chi connectivity index (χ3v) is 11.0. The molecule has 0 amide bonds. The Morgan fingerprint density at radius 2 is 1.88 bits per heavy atom. The van der Waals surface area contributed by atoms with Crippen molar-refractivity contribution >= 4 is 18.6 Å². The molecule has 0 spiro atoms. The molecule has 0 aliphatic heterocycles. The maximum Gasteiger partial charge on any atom is 0.320 e. The van der Waals surface area contributed by atoms with Gasteiger partial charge in [-0.05, 0) is 75.0 Å². The van der Waals surface area contributed by atoms with Crippen LogP contribution < -0.4 is 5.32 Å². The normalized spacial score (nSPS) is 46.6. The van der Waals surface area contributed by atoms with Crippen LogP contribution in [0.3, 0.4) is 0 Å². The van der Waals surface area contributed by atoms with Crippen LogP contribution in [0.25, 0.3) is 0 Å². The first kappa shape index (κ1) is 25.3. The maximum absolute atomic E-state index is 12.2. The van der Waals surface area contributed by atoms with E-state index < -0.39 is 5.60 Å². The van der Waals surface area contributed by atoms with E-state index in [2.05, 4.69) is 50.4 Å². The van der Waals surface area contributed by atoms with Crippen molar-refractivity contribution in [1.82, 2.24) is 5.32 Å². The summed E-state index contributed by atoms with van der Waals surface area (Å²) in [5.41, 5.74) is -0.927. The van der Waals surface area contributed by atoms with Gasteiger partial charge < -0.3 is 20.3 Å². The van der Waals surface area contributed by atoms with Gasteiger partial charge in [0, 0.05) is 23.1 Å². The van der Waals surface area contributed by atoms with Gasteiger partial charge in [0.15, 0.2) is 0 Å². The summed E-state index contributed by atoms with van der Waals surface area (Å²) in [6.45, 7) is 7.29. The van der Waals surface area contributed by atoms with Gasteiger partial charge in [0.1, 0.15) is 6.10 Å². The molecule has 4 aliphatic rings. The monoisotopic (exact) mass is 477 g/mol. The number of thiol groups is 1. The zero-order chi connectivity index (χ0) is 23.9. The van der Waals surface area contributed by atoms with Gasteiger partial charge in [-0.1, -0.05) is 38.2 Å². The molecule has 3 saturated carbocycles. The Kier molecular flexibility index (Phi) is 7.14. The Morgan fingerprint density at radius 3 is 2.61 bits per heavy atom. The van der Waals surface area contributed by atoms with E-state index in [-0.39, 0.29) is 40.8 Å². The zero-order valence-electron chi connectivity index (χ0n) is 20.6. The largest absolute Gasteiger partial charge is 0.461 e. The topological polar surface area (TPSA) is 78.8 Å². The highest BCUT2D eigenvalue weighted by molar-refractivity contribution is 7.81. The fourth-order valence-electron chi connectivity index (χ4n) is 7.96. The summed E-state index contributed by atoms with van der Waals surface area (Å²) in [6.07, 6.45) is 16.3. The average Bonchev–Trinajstić information content (AvgIpc) is 3.04. The first-order valence-corrected chi connectivity index (χ1v) is 13.3. The number of nitrogens with one attached hydrogen (secondary N) is 1. The van der Waals surface area contributed by atoms with Gasteiger partial charge in [-0.3, -0.25) is 4.79 Å².